The molecule has 2 nitrogen and oxygen atoms in total. The number of hydrogen-bond donors (Lipinski definition) is 1. The highest BCUT2D eigenvalue weighted by molar-refractivity contribution is 7.18. The first kappa shape index (κ1) is 8.36. The van der Waals surface area contributed by atoms with Gasteiger partial charge in [0.2, 0.25) is 0 Å². The maximum absolute atomic E-state index is 9.37. The van der Waals surface area contributed by atoms with Gasteiger partial charge in [0.05, 0.1) is 15.3 Å². The molecule has 0 saturated heterocycles. The topological polar surface area (TPSA) is 44.0 Å². The largest absolute Gasteiger partial charge is 0.506 e. The lowest BCUT2D eigenvalue weighted by Crippen LogP contribution is -1.75. The highest BCUT2D eigenvalue weighted by Gasteiger charge is 2.09. The van der Waals surface area contributed by atoms with Crippen molar-refractivity contribution in [2.75, 3.05) is 0 Å². The zero-order valence-corrected chi connectivity index (χ0v) is 7.99. The van der Waals surface area contributed by atoms with Gasteiger partial charge in [0, 0.05) is 10.8 Å². The number of aromatic hydroxyl groups is 1. The molecule has 0 aliphatic heterocycles. The second-order valence-corrected chi connectivity index (χ2v) is 3.79. The molecule has 13 heavy (non-hydrogen) atoms. The predicted octanol–water partition coefficient (Wildman–Crippen LogP) is 3.13. The van der Waals surface area contributed by atoms with E-state index in [2.05, 4.69) is 0 Å². The second kappa shape index (κ2) is 2.91. The molecule has 0 unspecified atom stereocenters. The van der Waals surface area contributed by atoms with Crippen molar-refractivity contribution >= 4 is 33.0 Å². The summed E-state index contributed by atoms with van der Waals surface area (Å²) >= 11 is 7.27. The van der Waals surface area contributed by atoms with Crippen LogP contribution in [-0.4, -0.2) is 5.11 Å². The number of hydrogen-bond acceptors (Lipinski definition) is 3. The van der Waals surface area contributed by atoms with E-state index < -0.39 is 0 Å². The van der Waals surface area contributed by atoms with Gasteiger partial charge in [-0.05, 0) is 12.1 Å². The lowest BCUT2D eigenvalue weighted by Gasteiger charge is -1.95. The zero-order chi connectivity index (χ0) is 9.42. The first-order valence-corrected chi connectivity index (χ1v) is 4.78. The van der Waals surface area contributed by atoms with E-state index in [9.17, 15) is 5.11 Å². The number of rotatable bonds is 0. The highest BCUT2D eigenvalue weighted by Crippen LogP contribution is 2.37. The fraction of sp³-hybridized carbons (Fsp3) is 0. The van der Waals surface area contributed by atoms with Gasteiger partial charge >= 0.3 is 0 Å². The van der Waals surface area contributed by atoms with Crippen LogP contribution in [0.4, 0.5) is 0 Å². The molecule has 0 amide bonds. The average Bonchev–Trinajstić information content (AvgIpc) is 2.50. The van der Waals surface area contributed by atoms with Gasteiger partial charge in [-0.3, -0.25) is 0 Å². The Kier molecular flexibility index (Phi) is 1.87. The van der Waals surface area contributed by atoms with Crippen molar-refractivity contribution in [2.24, 2.45) is 0 Å². The summed E-state index contributed by atoms with van der Waals surface area (Å²) < 4.78 is 0.762. The van der Waals surface area contributed by atoms with Crippen molar-refractivity contribution in [1.82, 2.24) is 0 Å². The number of nitrogens with zero attached hydrogens (tertiary/aromatic N) is 1. The molecule has 2 rings (SSSR count). The molecule has 1 aromatic heterocycles. The number of benzene rings is 1. The maximum atomic E-state index is 9.37. The Hall–Kier alpha value is -1.24. The molecule has 0 aliphatic carbocycles. The van der Waals surface area contributed by atoms with E-state index in [1.807, 2.05) is 6.07 Å². The molecule has 64 valence electrons. The Bertz CT molecular complexity index is 512. The molecule has 0 spiro atoms. The molecular weight excluding hydrogens is 206 g/mol. The van der Waals surface area contributed by atoms with Crippen molar-refractivity contribution in [1.29, 1.82) is 5.26 Å². The van der Waals surface area contributed by atoms with Crippen LogP contribution >= 0.6 is 22.9 Å². The lowest BCUT2D eigenvalue weighted by atomic mass is 10.2. The Morgan fingerprint density at radius 1 is 1.46 bits per heavy atom. The minimum atomic E-state index is 0.214. The molecule has 0 fully saturated rings. The maximum Gasteiger partial charge on any atom is 0.134 e. The summed E-state index contributed by atoms with van der Waals surface area (Å²) in [4.78, 5) is 0. The van der Waals surface area contributed by atoms with E-state index in [1.54, 1.807) is 17.5 Å². The SMILES string of the molecule is N#Cc1ccc2c(O)csc2c1Cl. The van der Waals surface area contributed by atoms with Gasteiger partial charge in [0.15, 0.2) is 0 Å². The molecule has 0 aliphatic rings. The van der Waals surface area contributed by atoms with Crippen molar-refractivity contribution in [3.63, 3.8) is 0 Å². The van der Waals surface area contributed by atoms with Crippen LogP contribution in [0.3, 0.4) is 0 Å². The first-order chi connectivity index (χ1) is 6.24. The number of nitriles is 1. The van der Waals surface area contributed by atoms with E-state index in [0.29, 0.717) is 16.0 Å². The van der Waals surface area contributed by atoms with E-state index in [4.69, 9.17) is 16.9 Å². The minimum Gasteiger partial charge on any atom is -0.506 e. The molecule has 1 N–H and O–H groups in total. The summed E-state index contributed by atoms with van der Waals surface area (Å²) in [6.07, 6.45) is 0. The van der Waals surface area contributed by atoms with E-state index >= 15 is 0 Å². The molecule has 0 atom stereocenters. The molecule has 4 heteroatoms. The van der Waals surface area contributed by atoms with Crippen molar-refractivity contribution in [3.8, 4) is 11.8 Å². The molecule has 1 aromatic carbocycles. The number of fused-ring (bicyclic) bond motifs is 1. The van der Waals surface area contributed by atoms with Crippen LogP contribution in [0.1, 0.15) is 5.56 Å². The van der Waals surface area contributed by atoms with Crippen LogP contribution in [0.15, 0.2) is 17.5 Å². The van der Waals surface area contributed by atoms with Crippen LogP contribution in [-0.2, 0) is 0 Å². The monoisotopic (exact) mass is 209 g/mol. The molecular formula is C9H4ClNOS. The molecule has 0 saturated carbocycles. The molecule has 0 bridgehead atoms. The third-order valence-corrected chi connectivity index (χ3v) is 3.29. The predicted molar refractivity (Wildman–Crippen MR) is 53.2 cm³/mol. The average molecular weight is 210 g/mol. The summed E-state index contributed by atoms with van der Waals surface area (Å²) in [5.74, 6) is 0.214. The van der Waals surface area contributed by atoms with Crippen LogP contribution < -0.4 is 0 Å². The van der Waals surface area contributed by atoms with Crippen molar-refractivity contribution in [3.05, 3.63) is 28.1 Å². The van der Waals surface area contributed by atoms with Gasteiger partial charge in [-0.25, -0.2) is 0 Å². The summed E-state index contributed by atoms with van der Waals surface area (Å²) in [5, 5.41) is 20.8. The van der Waals surface area contributed by atoms with Gasteiger partial charge in [-0.1, -0.05) is 11.6 Å². The van der Waals surface area contributed by atoms with Crippen LogP contribution in [0.25, 0.3) is 10.1 Å². The van der Waals surface area contributed by atoms with Crippen LogP contribution in [0.5, 0.6) is 5.75 Å². The van der Waals surface area contributed by atoms with Gasteiger partial charge in [0.25, 0.3) is 0 Å². The quantitative estimate of drug-likeness (QED) is 0.725. The summed E-state index contributed by atoms with van der Waals surface area (Å²) in [7, 11) is 0. The minimum absolute atomic E-state index is 0.214. The van der Waals surface area contributed by atoms with Gasteiger partial charge in [-0.2, -0.15) is 5.26 Å². The summed E-state index contributed by atoms with van der Waals surface area (Å²) in [5.41, 5.74) is 0.441. The van der Waals surface area contributed by atoms with Crippen LogP contribution in [0.2, 0.25) is 5.02 Å². The van der Waals surface area contributed by atoms with Gasteiger partial charge in [0.1, 0.15) is 11.8 Å². The van der Waals surface area contributed by atoms with Crippen molar-refractivity contribution < 1.29 is 5.11 Å². The Morgan fingerprint density at radius 3 is 2.92 bits per heavy atom. The third kappa shape index (κ3) is 1.15. The lowest BCUT2D eigenvalue weighted by molar-refractivity contribution is 0.483. The normalized spacial score (nSPS) is 10.2. The first-order valence-electron chi connectivity index (χ1n) is 3.53. The Balaban J connectivity index is 2.90. The molecule has 1 heterocycles. The van der Waals surface area contributed by atoms with E-state index in [-0.39, 0.29) is 5.75 Å². The summed E-state index contributed by atoms with van der Waals surface area (Å²) in [6, 6.07) is 5.30. The zero-order valence-electron chi connectivity index (χ0n) is 6.41. The summed E-state index contributed by atoms with van der Waals surface area (Å²) in [6.45, 7) is 0. The number of halogens is 1. The smallest absolute Gasteiger partial charge is 0.134 e. The fourth-order valence-corrected chi connectivity index (χ4v) is 2.35. The standard InChI is InChI=1S/C9H4ClNOS/c10-8-5(3-11)1-2-6-7(12)4-13-9(6)8/h1-2,4,12H. The Morgan fingerprint density at radius 2 is 2.23 bits per heavy atom. The third-order valence-electron chi connectivity index (χ3n) is 1.78. The molecule has 2 aromatic rings. The molecule has 0 radical (unpaired) electrons. The van der Waals surface area contributed by atoms with Crippen molar-refractivity contribution in [2.45, 2.75) is 0 Å². The van der Waals surface area contributed by atoms with Gasteiger partial charge in [-0.15, -0.1) is 11.3 Å². The van der Waals surface area contributed by atoms with Gasteiger partial charge < -0.3 is 5.11 Å². The highest BCUT2D eigenvalue weighted by atomic mass is 35.5. The van der Waals surface area contributed by atoms with Crippen LogP contribution in [0, 0.1) is 11.3 Å². The fourth-order valence-electron chi connectivity index (χ4n) is 1.14. The second-order valence-electron chi connectivity index (χ2n) is 2.54. The Labute approximate surface area is 83.6 Å². The number of thiophene rings is 1. The van der Waals surface area contributed by atoms with E-state index in [1.165, 1.54) is 11.3 Å². The van der Waals surface area contributed by atoms with E-state index in [0.717, 1.165) is 4.70 Å².